The van der Waals surface area contributed by atoms with Crippen molar-refractivity contribution < 1.29 is 0 Å². The van der Waals surface area contributed by atoms with E-state index in [1.54, 1.807) is 0 Å². The van der Waals surface area contributed by atoms with Gasteiger partial charge < -0.3 is 9.88 Å². The van der Waals surface area contributed by atoms with Gasteiger partial charge in [0.05, 0.1) is 23.4 Å². The first-order valence-corrected chi connectivity index (χ1v) is 7.43. The third-order valence-corrected chi connectivity index (χ3v) is 3.97. The molecule has 0 saturated heterocycles. The molecular weight excluding hydrogens is 274 g/mol. The molecule has 5 heteroatoms. The van der Waals surface area contributed by atoms with E-state index in [4.69, 9.17) is 0 Å². The maximum atomic E-state index is 4.67. The van der Waals surface area contributed by atoms with Crippen LogP contribution in [0.1, 0.15) is 22.6 Å². The Hall–Kier alpha value is -2.40. The van der Waals surface area contributed by atoms with E-state index in [2.05, 4.69) is 41.4 Å². The smallest absolute Gasteiger partial charge is 0.0945 e. The van der Waals surface area contributed by atoms with Gasteiger partial charge in [-0.15, -0.1) is 0 Å². The topological polar surface area (TPSA) is 47.7 Å². The first-order valence-electron chi connectivity index (χ1n) is 7.43. The molecule has 114 valence electrons. The highest BCUT2D eigenvalue weighted by molar-refractivity contribution is 5.36. The Morgan fingerprint density at radius 1 is 1.09 bits per heavy atom. The summed E-state index contributed by atoms with van der Waals surface area (Å²) in [5.41, 5.74) is 5.78. The molecule has 0 bridgehead atoms. The lowest BCUT2D eigenvalue weighted by Crippen LogP contribution is -2.15. The monoisotopic (exact) mass is 295 g/mol. The third-order valence-electron chi connectivity index (χ3n) is 3.97. The summed E-state index contributed by atoms with van der Waals surface area (Å²) in [7, 11) is 2.01. The summed E-state index contributed by atoms with van der Waals surface area (Å²) in [6.07, 6.45) is 3.71. The molecule has 1 N–H and O–H groups in total. The summed E-state index contributed by atoms with van der Waals surface area (Å²) in [5.74, 6) is 0. The van der Waals surface area contributed by atoms with E-state index < -0.39 is 0 Å². The number of rotatable bonds is 5. The van der Waals surface area contributed by atoms with E-state index in [0.29, 0.717) is 0 Å². The number of nitrogens with zero attached hydrogens (tertiary/aromatic N) is 4. The summed E-state index contributed by atoms with van der Waals surface area (Å²) < 4.78 is 4.04. The van der Waals surface area contributed by atoms with Crippen LogP contribution in [-0.4, -0.2) is 19.3 Å². The maximum absolute atomic E-state index is 4.67. The molecule has 0 amide bonds. The van der Waals surface area contributed by atoms with E-state index in [1.807, 2.05) is 47.0 Å². The van der Waals surface area contributed by atoms with Crippen LogP contribution in [0.25, 0.3) is 5.69 Å². The van der Waals surface area contributed by atoms with Crippen LogP contribution in [0.15, 0.2) is 42.9 Å². The molecule has 0 aliphatic rings. The van der Waals surface area contributed by atoms with Crippen LogP contribution in [0.3, 0.4) is 0 Å². The predicted octanol–water partition coefficient (Wildman–Crippen LogP) is 2.51. The molecule has 0 radical (unpaired) electrons. The molecule has 0 spiro atoms. The summed E-state index contributed by atoms with van der Waals surface area (Å²) in [6, 6.07) is 10.2. The molecule has 3 aromatic rings. The highest BCUT2D eigenvalue weighted by Gasteiger charge is 2.12. The number of imidazole rings is 1. The van der Waals surface area contributed by atoms with Crippen molar-refractivity contribution in [3.63, 3.8) is 0 Å². The Morgan fingerprint density at radius 3 is 2.55 bits per heavy atom. The van der Waals surface area contributed by atoms with Crippen molar-refractivity contribution in [1.29, 1.82) is 0 Å². The summed E-state index contributed by atoms with van der Waals surface area (Å²) in [5, 5.41) is 8.15. The molecular formula is C17H21N5. The second-order valence-corrected chi connectivity index (χ2v) is 5.50. The molecule has 0 unspecified atom stereocenters. The van der Waals surface area contributed by atoms with Gasteiger partial charge in [0.25, 0.3) is 0 Å². The Labute approximate surface area is 130 Å². The molecule has 1 aromatic carbocycles. The van der Waals surface area contributed by atoms with Crippen LogP contribution < -0.4 is 5.32 Å². The fraction of sp³-hybridized carbons (Fsp3) is 0.294. The van der Waals surface area contributed by atoms with Gasteiger partial charge in [0.2, 0.25) is 0 Å². The second-order valence-electron chi connectivity index (χ2n) is 5.50. The lowest BCUT2D eigenvalue weighted by atomic mass is 10.2. The molecule has 3 rings (SSSR count). The van der Waals surface area contributed by atoms with Crippen LogP contribution in [0, 0.1) is 13.8 Å². The zero-order chi connectivity index (χ0) is 15.5. The zero-order valence-electron chi connectivity index (χ0n) is 13.2. The van der Waals surface area contributed by atoms with Gasteiger partial charge in [0, 0.05) is 37.6 Å². The van der Waals surface area contributed by atoms with Crippen LogP contribution >= 0.6 is 0 Å². The maximum Gasteiger partial charge on any atom is 0.0945 e. The molecule has 0 saturated carbocycles. The van der Waals surface area contributed by atoms with Crippen molar-refractivity contribution in [2.45, 2.75) is 26.9 Å². The molecule has 22 heavy (non-hydrogen) atoms. The summed E-state index contributed by atoms with van der Waals surface area (Å²) in [6.45, 7) is 5.78. The highest BCUT2D eigenvalue weighted by atomic mass is 15.3. The largest absolute Gasteiger partial charge is 0.337 e. The van der Waals surface area contributed by atoms with Crippen LogP contribution in [0.2, 0.25) is 0 Å². The van der Waals surface area contributed by atoms with E-state index in [-0.39, 0.29) is 0 Å². The van der Waals surface area contributed by atoms with Gasteiger partial charge in [-0.05, 0) is 26.0 Å². The van der Waals surface area contributed by atoms with Crippen LogP contribution in [0.4, 0.5) is 0 Å². The summed E-state index contributed by atoms with van der Waals surface area (Å²) in [4.78, 5) is 4.13. The lowest BCUT2D eigenvalue weighted by molar-refractivity contribution is 0.651. The van der Waals surface area contributed by atoms with Crippen LogP contribution in [0.5, 0.6) is 0 Å². The van der Waals surface area contributed by atoms with Gasteiger partial charge >= 0.3 is 0 Å². The molecule has 2 aromatic heterocycles. The van der Waals surface area contributed by atoms with Gasteiger partial charge in [-0.25, -0.2) is 9.67 Å². The van der Waals surface area contributed by atoms with Crippen molar-refractivity contribution in [2.75, 3.05) is 0 Å². The van der Waals surface area contributed by atoms with Crippen molar-refractivity contribution in [2.24, 2.45) is 7.05 Å². The number of para-hydroxylation sites is 1. The van der Waals surface area contributed by atoms with E-state index >= 15 is 0 Å². The van der Waals surface area contributed by atoms with E-state index in [1.165, 1.54) is 17.0 Å². The minimum absolute atomic E-state index is 0.798. The number of aryl methyl sites for hydroxylation is 2. The fourth-order valence-electron chi connectivity index (χ4n) is 2.62. The fourth-order valence-corrected chi connectivity index (χ4v) is 2.62. The molecule has 0 aliphatic carbocycles. The molecule has 2 heterocycles. The number of hydrogen-bond acceptors (Lipinski definition) is 3. The Morgan fingerprint density at radius 2 is 1.86 bits per heavy atom. The minimum atomic E-state index is 0.798. The molecule has 0 aliphatic heterocycles. The van der Waals surface area contributed by atoms with Gasteiger partial charge in [0.1, 0.15) is 0 Å². The van der Waals surface area contributed by atoms with Gasteiger partial charge in [0.15, 0.2) is 0 Å². The van der Waals surface area contributed by atoms with Crippen molar-refractivity contribution in [1.82, 2.24) is 24.6 Å². The molecule has 0 fully saturated rings. The van der Waals surface area contributed by atoms with E-state index in [0.717, 1.165) is 24.5 Å². The zero-order valence-corrected chi connectivity index (χ0v) is 13.2. The normalized spacial score (nSPS) is 11.0. The average Bonchev–Trinajstić information content (AvgIpc) is 3.06. The average molecular weight is 295 g/mol. The molecule has 0 atom stereocenters. The number of nitrogens with one attached hydrogen (secondary N) is 1. The van der Waals surface area contributed by atoms with Gasteiger partial charge in [-0.3, -0.25) is 0 Å². The highest BCUT2D eigenvalue weighted by Crippen LogP contribution is 2.17. The predicted molar refractivity (Wildman–Crippen MR) is 86.8 cm³/mol. The SMILES string of the molecule is Cc1nn(-c2ccccc2)c(C)c1CNCc1cncn1C. The number of benzene rings is 1. The van der Waals surface area contributed by atoms with Crippen molar-refractivity contribution in [3.8, 4) is 5.69 Å². The van der Waals surface area contributed by atoms with Gasteiger partial charge in [-0.2, -0.15) is 5.10 Å². The minimum Gasteiger partial charge on any atom is -0.337 e. The Bertz CT molecular complexity index is 755. The number of hydrogen-bond donors (Lipinski definition) is 1. The lowest BCUT2D eigenvalue weighted by Gasteiger charge is -2.07. The van der Waals surface area contributed by atoms with Crippen molar-refractivity contribution in [3.05, 3.63) is 65.5 Å². The standard InChI is InChI=1S/C17H21N5/c1-13-17(11-18-9-16-10-19-12-21(16)3)14(2)22(20-13)15-7-5-4-6-8-15/h4-8,10,12,18H,9,11H2,1-3H3. The molecule has 5 nitrogen and oxygen atoms in total. The second kappa shape index (κ2) is 6.15. The Balaban J connectivity index is 1.75. The number of aromatic nitrogens is 4. The van der Waals surface area contributed by atoms with Crippen LogP contribution in [-0.2, 0) is 20.1 Å². The van der Waals surface area contributed by atoms with E-state index in [9.17, 15) is 0 Å². The van der Waals surface area contributed by atoms with Gasteiger partial charge in [-0.1, -0.05) is 18.2 Å². The first kappa shape index (κ1) is 14.5. The quantitative estimate of drug-likeness (QED) is 0.787. The first-order chi connectivity index (χ1) is 10.7. The summed E-state index contributed by atoms with van der Waals surface area (Å²) >= 11 is 0. The third kappa shape index (κ3) is 2.80. The van der Waals surface area contributed by atoms with Crippen molar-refractivity contribution >= 4 is 0 Å². The Kier molecular flexibility index (Phi) is 4.06.